The lowest BCUT2D eigenvalue weighted by molar-refractivity contribution is -0.111. The number of hydrogen-bond donors (Lipinski definition) is 1. The van der Waals surface area contributed by atoms with Gasteiger partial charge in [-0.3, -0.25) is 10.3 Å². The van der Waals surface area contributed by atoms with Crippen molar-refractivity contribution in [1.82, 2.24) is 14.9 Å². The Labute approximate surface area is 171 Å². The average Bonchev–Trinajstić information content (AvgIpc) is 3.47. The zero-order valence-electron chi connectivity index (χ0n) is 17.2. The van der Waals surface area contributed by atoms with Crippen LogP contribution in [-0.4, -0.2) is 58.9 Å². The molecule has 0 unspecified atom stereocenters. The molecule has 1 aliphatic heterocycles. The molecule has 0 amide bonds. The van der Waals surface area contributed by atoms with E-state index in [4.69, 9.17) is 10.1 Å². The molecule has 29 heavy (non-hydrogen) atoms. The van der Waals surface area contributed by atoms with Gasteiger partial charge in [-0.15, -0.1) is 0 Å². The molecular weight excluding hydrogens is 369 g/mol. The number of ether oxygens (including phenoxy) is 1. The van der Waals surface area contributed by atoms with E-state index in [9.17, 15) is 4.39 Å². The standard InChI is InChI=1S/C22H28FN5O/c1-3-8-27-9-11-28(12-10-27)20-14-18(25-15-26-20)21(24)16-4-5-17(23)19(13-16)29-22(2)6-7-22/h4-5,13-15,24H,3,6-12H2,1-2H3/p+1. The summed E-state index contributed by atoms with van der Waals surface area (Å²) in [7, 11) is 0. The van der Waals surface area contributed by atoms with E-state index in [1.807, 2.05) is 13.0 Å². The first-order chi connectivity index (χ1) is 14.0. The van der Waals surface area contributed by atoms with Crippen molar-refractivity contribution in [2.75, 3.05) is 37.6 Å². The molecule has 1 saturated carbocycles. The third kappa shape index (κ3) is 4.56. The summed E-state index contributed by atoms with van der Waals surface area (Å²) in [5.41, 5.74) is 1.57. The molecule has 2 fully saturated rings. The van der Waals surface area contributed by atoms with Gasteiger partial charge in [0, 0.05) is 32.2 Å². The molecule has 2 N–H and O–H groups in total. The van der Waals surface area contributed by atoms with E-state index >= 15 is 0 Å². The Morgan fingerprint density at radius 2 is 1.93 bits per heavy atom. The molecule has 2 heterocycles. The van der Waals surface area contributed by atoms with Crippen molar-refractivity contribution < 1.29 is 14.5 Å². The van der Waals surface area contributed by atoms with E-state index in [-0.39, 0.29) is 17.2 Å². The summed E-state index contributed by atoms with van der Waals surface area (Å²) in [5, 5.41) is 6.40. The van der Waals surface area contributed by atoms with Gasteiger partial charge in [-0.05, 0) is 50.9 Å². The van der Waals surface area contributed by atoms with Gasteiger partial charge in [-0.2, -0.15) is 0 Å². The van der Waals surface area contributed by atoms with Gasteiger partial charge in [0.1, 0.15) is 23.4 Å². The number of aromatic nitrogens is 2. The SMILES string of the molecule is CCCN1CCN(c2cc(C(=[NH2+])c3ccc(F)c(OC4(C)CC4)c3)ncn2)CC1. The van der Waals surface area contributed by atoms with Crippen LogP contribution in [0.15, 0.2) is 30.6 Å². The van der Waals surface area contributed by atoms with E-state index in [1.54, 1.807) is 18.5 Å². The minimum absolute atomic E-state index is 0.242. The predicted octanol–water partition coefficient (Wildman–Crippen LogP) is 1.68. The molecule has 0 spiro atoms. The summed E-state index contributed by atoms with van der Waals surface area (Å²) in [4.78, 5) is 13.5. The topological polar surface area (TPSA) is 67.1 Å². The second-order valence-electron chi connectivity index (χ2n) is 8.20. The van der Waals surface area contributed by atoms with Gasteiger partial charge in [0.2, 0.25) is 5.71 Å². The van der Waals surface area contributed by atoms with Gasteiger partial charge >= 0.3 is 0 Å². The lowest BCUT2D eigenvalue weighted by atomic mass is 10.1. The zero-order valence-corrected chi connectivity index (χ0v) is 17.2. The highest BCUT2D eigenvalue weighted by Gasteiger charge is 2.40. The first-order valence-electron chi connectivity index (χ1n) is 10.4. The Balaban J connectivity index is 1.50. The summed E-state index contributed by atoms with van der Waals surface area (Å²) in [6.45, 7) is 9.26. The maximum absolute atomic E-state index is 14.2. The number of rotatable bonds is 7. The number of hydrogen-bond acceptors (Lipinski definition) is 5. The number of nitrogens with two attached hydrogens (primary N) is 1. The Hall–Kier alpha value is -2.54. The average molecular weight is 399 g/mol. The van der Waals surface area contributed by atoms with Crippen LogP contribution in [0.1, 0.15) is 44.4 Å². The fourth-order valence-corrected chi connectivity index (χ4v) is 3.62. The molecule has 6 nitrogen and oxygen atoms in total. The van der Waals surface area contributed by atoms with Crippen LogP contribution in [-0.2, 0) is 0 Å². The summed E-state index contributed by atoms with van der Waals surface area (Å²) < 4.78 is 20.0. The number of anilines is 1. The molecule has 4 rings (SSSR count). The molecule has 0 atom stereocenters. The Morgan fingerprint density at radius 1 is 1.17 bits per heavy atom. The molecule has 1 aliphatic carbocycles. The Bertz CT molecular complexity index is 891. The quantitative estimate of drug-likeness (QED) is 0.719. The van der Waals surface area contributed by atoms with Gasteiger partial charge in [-0.1, -0.05) is 6.92 Å². The zero-order chi connectivity index (χ0) is 20.4. The first-order valence-corrected chi connectivity index (χ1v) is 10.4. The Kier molecular flexibility index (Phi) is 5.50. The molecule has 2 aliphatic rings. The summed E-state index contributed by atoms with van der Waals surface area (Å²) in [6.07, 6.45) is 4.60. The second-order valence-corrected chi connectivity index (χ2v) is 8.20. The molecule has 7 heteroatoms. The lowest BCUT2D eigenvalue weighted by Gasteiger charge is -2.35. The summed E-state index contributed by atoms with van der Waals surface area (Å²) in [5.74, 6) is 0.743. The van der Waals surface area contributed by atoms with Crippen LogP contribution in [0.4, 0.5) is 10.2 Å². The van der Waals surface area contributed by atoms with Crippen LogP contribution in [0.5, 0.6) is 5.75 Å². The molecule has 0 bridgehead atoms. The maximum atomic E-state index is 14.2. The number of nitrogens with zero attached hydrogens (tertiary/aromatic N) is 4. The van der Waals surface area contributed by atoms with E-state index in [1.165, 1.54) is 12.5 Å². The molecule has 1 aromatic carbocycles. The van der Waals surface area contributed by atoms with Gasteiger partial charge in [-0.25, -0.2) is 14.4 Å². The molecule has 2 aromatic rings. The third-order valence-electron chi connectivity index (χ3n) is 5.72. The van der Waals surface area contributed by atoms with Crippen LogP contribution in [0.3, 0.4) is 0 Å². The second kappa shape index (κ2) is 8.06. The normalized spacial score (nSPS) is 18.5. The van der Waals surface area contributed by atoms with Crippen LogP contribution >= 0.6 is 0 Å². The summed E-state index contributed by atoms with van der Waals surface area (Å²) in [6, 6.07) is 6.65. The van der Waals surface area contributed by atoms with Gasteiger partial charge in [0.05, 0.1) is 5.56 Å². The van der Waals surface area contributed by atoms with E-state index in [0.29, 0.717) is 17.0 Å². The van der Waals surface area contributed by atoms with E-state index in [2.05, 4.69) is 26.7 Å². The predicted molar refractivity (Wildman–Crippen MR) is 111 cm³/mol. The van der Waals surface area contributed by atoms with Crippen LogP contribution < -0.4 is 15.0 Å². The molecule has 154 valence electrons. The van der Waals surface area contributed by atoms with Crippen LogP contribution in [0, 0.1) is 5.82 Å². The van der Waals surface area contributed by atoms with Gasteiger partial charge in [0.15, 0.2) is 11.6 Å². The number of halogens is 1. The van der Waals surface area contributed by atoms with E-state index < -0.39 is 0 Å². The van der Waals surface area contributed by atoms with Crippen molar-refractivity contribution in [3.8, 4) is 5.75 Å². The minimum Gasteiger partial charge on any atom is -0.484 e. The van der Waals surface area contributed by atoms with Crippen molar-refractivity contribution in [3.63, 3.8) is 0 Å². The fraction of sp³-hybridized carbons (Fsp3) is 0.500. The maximum Gasteiger partial charge on any atom is 0.230 e. The largest absolute Gasteiger partial charge is 0.484 e. The lowest BCUT2D eigenvalue weighted by Crippen LogP contribution is -2.47. The van der Waals surface area contributed by atoms with Crippen molar-refractivity contribution in [2.24, 2.45) is 0 Å². The fourth-order valence-electron chi connectivity index (χ4n) is 3.62. The third-order valence-corrected chi connectivity index (χ3v) is 5.72. The minimum atomic E-state index is -0.372. The smallest absolute Gasteiger partial charge is 0.230 e. The van der Waals surface area contributed by atoms with E-state index in [0.717, 1.165) is 51.4 Å². The Morgan fingerprint density at radius 3 is 2.62 bits per heavy atom. The van der Waals surface area contributed by atoms with Gasteiger partial charge < -0.3 is 9.64 Å². The highest BCUT2D eigenvalue weighted by Crippen LogP contribution is 2.40. The highest BCUT2D eigenvalue weighted by atomic mass is 19.1. The van der Waals surface area contributed by atoms with Crippen molar-refractivity contribution in [2.45, 2.75) is 38.7 Å². The number of piperazine rings is 1. The van der Waals surface area contributed by atoms with Crippen molar-refractivity contribution in [1.29, 1.82) is 0 Å². The molecule has 1 saturated heterocycles. The first kappa shape index (κ1) is 19.8. The van der Waals surface area contributed by atoms with Gasteiger partial charge in [0.25, 0.3) is 0 Å². The molecule has 0 radical (unpaired) electrons. The van der Waals surface area contributed by atoms with Crippen LogP contribution in [0.25, 0.3) is 0 Å². The monoisotopic (exact) mass is 398 g/mol. The number of benzene rings is 1. The molecular formula is C22H29FN5O+. The van der Waals surface area contributed by atoms with Crippen molar-refractivity contribution >= 4 is 11.5 Å². The summed E-state index contributed by atoms with van der Waals surface area (Å²) >= 11 is 0. The highest BCUT2D eigenvalue weighted by molar-refractivity contribution is 6.08. The van der Waals surface area contributed by atoms with Crippen molar-refractivity contribution in [3.05, 3.63) is 47.7 Å². The molecule has 1 aromatic heterocycles. The van der Waals surface area contributed by atoms with Crippen LogP contribution in [0.2, 0.25) is 0 Å².